The van der Waals surface area contributed by atoms with Gasteiger partial charge in [-0.3, -0.25) is 0 Å². The van der Waals surface area contributed by atoms with E-state index >= 15 is 0 Å². The maximum Gasteiger partial charge on any atom is 5.00 e. The van der Waals surface area contributed by atoms with Crippen molar-refractivity contribution in [1.29, 1.82) is 0 Å². The van der Waals surface area contributed by atoms with Crippen molar-refractivity contribution in [3.05, 3.63) is 0 Å². The molecule has 0 atom stereocenters. The third-order valence-corrected chi connectivity index (χ3v) is 0.500. The molecule has 0 aromatic rings. The smallest absolute Gasteiger partial charge is 0.543 e. The zero-order valence-electron chi connectivity index (χ0n) is 9.35. The van der Waals surface area contributed by atoms with Crippen LogP contribution in [0.1, 0.15) is 1.43 Å². The van der Waals surface area contributed by atoms with E-state index in [2.05, 4.69) is 0 Å². The molecule has 0 radical (unpaired) electrons. The fourth-order valence-corrected chi connectivity index (χ4v) is 0. The van der Waals surface area contributed by atoms with Crippen LogP contribution < -0.4 is 30.6 Å². The van der Waals surface area contributed by atoms with Crippen LogP contribution in [0.25, 0.3) is 0 Å². The van der Waals surface area contributed by atoms with Crippen molar-refractivity contribution in [1.82, 2.24) is 0 Å². The summed E-state index contributed by atoms with van der Waals surface area (Å²) in [6.07, 6.45) is 0. The van der Waals surface area contributed by atoms with Crippen LogP contribution in [0.2, 0.25) is 0 Å². The number of carbonyl (C=O) groups is 6. The maximum atomic E-state index is 8.93. The van der Waals surface area contributed by atoms with Crippen LogP contribution in [0.5, 0.6) is 0 Å². The summed E-state index contributed by atoms with van der Waals surface area (Å²) >= 11 is 0. The Balaban J connectivity index is -0.0000000536. The molecule has 0 heterocycles. The Bertz CT molecular complexity index is 283. The Morgan fingerprint density at radius 1 is 0.421 bits per heavy atom. The van der Waals surface area contributed by atoms with Gasteiger partial charge < -0.3 is 59.4 Å². The number of carboxylic acids is 6. The molecule has 0 aromatic heterocycles. The molecule has 0 fully saturated rings. The van der Waals surface area contributed by atoms with Crippen LogP contribution in [-0.2, 0) is 51.1 Å². The first-order valence-corrected chi connectivity index (χ1v) is 3.20. The summed E-state index contributed by atoms with van der Waals surface area (Å²) in [5, 5.41) is 53.6. The molecule has 0 bridgehead atoms. The van der Waals surface area contributed by atoms with E-state index in [0.29, 0.717) is 0 Å². The first-order chi connectivity index (χ1) is 7.93. The molecule has 102 valence electrons. The summed E-state index contributed by atoms with van der Waals surface area (Å²) in [5.41, 5.74) is 0. The Morgan fingerprint density at radius 2 is 0.474 bits per heavy atom. The number of carbonyl (C=O) groups excluding carboxylic acids is 6. The monoisotopic (exact) mass is 358 g/mol. The molecule has 12 nitrogen and oxygen atoms in total. The molecule has 0 aliphatic carbocycles. The quantitative estimate of drug-likeness (QED) is 0.289. The topological polar surface area (TPSA) is 241 Å². The van der Waals surface area contributed by atoms with E-state index in [9.17, 15) is 0 Å². The molecular weight excluding hydrogens is 357 g/mol. The van der Waals surface area contributed by atoms with Gasteiger partial charge in [0.05, 0.1) is 35.8 Å². The predicted molar refractivity (Wildman–Crippen MR) is 31.2 cm³/mol. The molecule has 0 N–H and O–H groups in total. The van der Waals surface area contributed by atoms with E-state index in [1.807, 2.05) is 0 Å². The minimum absolute atomic E-state index is 0. The summed E-state index contributed by atoms with van der Waals surface area (Å²) in [5.74, 6) is -13.1. The molecule has 0 unspecified atom stereocenters. The third kappa shape index (κ3) is 31.3. The Labute approximate surface area is 119 Å². The molecule has 0 spiro atoms. The Kier molecular flexibility index (Phi) is 18.2. The number of aliphatic carboxylic acids is 6. The number of rotatable bonds is 0. The SMILES string of the molecule is O=C([O-])C(=O)[O-].O=C([O-])C(=O)[O-].O=C([O-])C(=O)[O-].[H+].[Nb+5]. The van der Waals surface area contributed by atoms with Gasteiger partial charge >= 0.3 is 23.8 Å². The molecule has 13 heteroatoms. The maximum absolute atomic E-state index is 8.93. The van der Waals surface area contributed by atoms with Crippen LogP contribution in [0, 0.1) is 0 Å². The van der Waals surface area contributed by atoms with E-state index in [4.69, 9.17) is 59.4 Å². The zero-order chi connectivity index (χ0) is 15.5. The number of hydrogen-bond acceptors (Lipinski definition) is 12. The molecule has 0 rings (SSSR count). The molecule has 0 saturated carbocycles. The first kappa shape index (κ1) is 25.4. The molecule has 0 amide bonds. The molecule has 0 saturated heterocycles. The molecule has 0 aliphatic rings. The molecular formula is C6HNbO12. The second-order valence-corrected chi connectivity index (χ2v) is 1.72. The van der Waals surface area contributed by atoms with E-state index in [0.717, 1.165) is 0 Å². The van der Waals surface area contributed by atoms with Gasteiger partial charge in [-0.05, 0) is 0 Å². The summed E-state index contributed by atoms with van der Waals surface area (Å²) in [4.78, 5) is 53.6. The predicted octanol–water partition coefficient (Wildman–Crippen LogP) is -10.4. The second kappa shape index (κ2) is 13.6. The van der Waals surface area contributed by atoms with Crippen molar-refractivity contribution in [2.75, 3.05) is 0 Å². The van der Waals surface area contributed by atoms with Gasteiger partial charge in [-0.2, -0.15) is 0 Å². The second-order valence-electron chi connectivity index (χ2n) is 1.72. The van der Waals surface area contributed by atoms with E-state index < -0.39 is 35.8 Å². The Morgan fingerprint density at radius 3 is 0.474 bits per heavy atom. The summed E-state index contributed by atoms with van der Waals surface area (Å²) in [6, 6.07) is 0. The average molecular weight is 358 g/mol. The van der Waals surface area contributed by atoms with Crippen molar-refractivity contribution in [3.63, 3.8) is 0 Å². The number of carboxylic acid groups (broad SMARTS) is 6. The summed E-state index contributed by atoms with van der Waals surface area (Å²) in [6.45, 7) is 0. The summed E-state index contributed by atoms with van der Waals surface area (Å²) < 4.78 is 0. The van der Waals surface area contributed by atoms with Gasteiger partial charge in [-0.15, -0.1) is 0 Å². The third-order valence-electron chi connectivity index (χ3n) is 0.500. The summed E-state index contributed by atoms with van der Waals surface area (Å²) in [7, 11) is 0. The van der Waals surface area contributed by atoms with E-state index in [1.165, 1.54) is 0 Å². The van der Waals surface area contributed by atoms with Gasteiger partial charge in [0.1, 0.15) is 0 Å². The van der Waals surface area contributed by atoms with Gasteiger partial charge in [0.15, 0.2) is 0 Å². The van der Waals surface area contributed by atoms with Crippen LogP contribution in [0.15, 0.2) is 0 Å². The van der Waals surface area contributed by atoms with Gasteiger partial charge in [0.25, 0.3) is 0 Å². The van der Waals surface area contributed by atoms with Crippen molar-refractivity contribution in [3.8, 4) is 0 Å². The van der Waals surface area contributed by atoms with Gasteiger partial charge in [-0.1, -0.05) is 0 Å². The van der Waals surface area contributed by atoms with Crippen LogP contribution in [0.3, 0.4) is 0 Å². The minimum Gasteiger partial charge on any atom is -0.543 e. The number of hydrogen-bond donors (Lipinski definition) is 0. The average Bonchev–Trinajstić information content (AvgIpc) is 2.18. The zero-order valence-corrected chi connectivity index (χ0v) is 10.5. The molecule has 0 aliphatic heterocycles. The van der Waals surface area contributed by atoms with E-state index in [1.54, 1.807) is 0 Å². The van der Waals surface area contributed by atoms with Crippen LogP contribution >= 0.6 is 0 Å². The Hall–Kier alpha value is -2.44. The van der Waals surface area contributed by atoms with Crippen molar-refractivity contribution in [2.45, 2.75) is 0 Å². The van der Waals surface area contributed by atoms with Crippen molar-refractivity contribution < 1.29 is 83.2 Å². The fraction of sp³-hybridized carbons (Fsp3) is 0. The van der Waals surface area contributed by atoms with Gasteiger partial charge in [-0.25, -0.2) is 0 Å². The fourth-order valence-electron chi connectivity index (χ4n) is 0. The van der Waals surface area contributed by atoms with E-state index in [-0.39, 0.29) is 23.8 Å². The standard InChI is InChI=1S/3C2H2O4.Nb/c3*3-1(4)2(5)6;/h3*(H,3,4)(H,5,6);/q;;;+5/p-5. The normalized spacial score (nSPS) is 6.95. The largest absolute Gasteiger partial charge is 5.00 e. The molecule has 19 heavy (non-hydrogen) atoms. The minimum atomic E-state index is -2.19. The van der Waals surface area contributed by atoms with Gasteiger partial charge in [0.2, 0.25) is 0 Å². The van der Waals surface area contributed by atoms with Crippen LogP contribution in [0.4, 0.5) is 0 Å². The first-order valence-electron chi connectivity index (χ1n) is 3.20. The van der Waals surface area contributed by atoms with Crippen molar-refractivity contribution in [2.24, 2.45) is 0 Å². The van der Waals surface area contributed by atoms with Crippen LogP contribution in [-0.4, -0.2) is 35.8 Å². The van der Waals surface area contributed by atoms with Gasteiger partial charge in [0, 0.05) is 0 Å². The molecule has 0 aromatic carbocycles. The van der Waals surface area contributed by atoms with Crippen molar-refractivity contribution >= 4 is 35.8 Å².